The molecule has 0 saturated carbocycles. The number of alkyl halides is 3. The molecule has 1 aromatic heterocycles. The van der Waals surface area contributed by atoms with Crippen LogP contribution in [-0.4, -0.2) is 13.9 Å². The van der Waals surface area contributed by atoms with Gasteiger partial charge in [0.1, 0.15) is 0 Å². The van der Waals surface area contributed by atoms with Crippen molar-refractivity contribution in [3.63, 3.8) is 0 Å². The van der Waals surface area contributed by atoms with Crippen molar-refractivity contribution in [2.24, 2.45) is 0 Å². The summed E-state index contributed by atoms with van der Waals surface area (Å²) >= 11 is 0. The van der Waals surface area contributed by atoms with Crippen LogP contribution in [-0.2, 0) is 17.0 Å². The number of rotatable bonds is 4. The standard InChI is InChI=1S/C19H21F3O2Si/c1-4-18(11-14-5-7-16(8-6-14)19(20,21)22)12-17(25(2,3)24-18)15-9-10-23-13-15/h5-10,12-13H,4,11H2,1-3H3. The third-order valence-corrected chi connectivity index (χ3v) is 7.38. The average molecular weight is 366 g/mol. The van der Waals surface area contributed by atoms with Crippen LogP contribution < -0.4 is 0 Å². The quantitative estimate of drug-likeness (QED) is 0.634. The molecule has 1 atom stereocenters. The van der Waals surface area contributed by atoms with Crippen LogP contribution in [0, 0.1) is 0 Å². The minimum atomic E-state index is -4.31. The zero-order valence-corrected chi connectivity index (χ0v) is 15.5. The highest BCUT2D eigenvalue weighted by molar-refractivity contribution is 6.90. The Morgan fingerprint density at radius 1 is 1.08 bits per heavy atom. The molecule has 0 amide bonds. The Balaban J connectivity index is 1.89. The third-order valence-electron chi connectivity index (χ3n) is 4.73. The van der Waals surface area contributed by atoms with Crippen LogP contribution in [0.2, 0.25) is 13.1 Å². The zero-order chi connectivity index (χ0) is 18.3. The van der Waals surface area contributed by atoms with Crippen LogP contribution in [0.1, 0.15) is 30.0 Å². The highest BCUT2D eigenvalue weighted by atomic mass is 28.4. The number of furan rings is 1. The maximum absolute atomic E-state index is 12.7. The molecule has 0 N–H and O–H groups in total. The van der Waals surface area contributed by atoms with Gasteiger partial charge < -0.3 is 8.84 Å². The lowest BCUT2D eigenvalue weighted by atomic mass is 9.90. The topological polar surface area (TPSA) is 22.4 Å². The molecule has 6 heteroatoms. The van der Waals surface area contributed by atoms with Crippen molar-refractivity contribution in [1.29, 1.82) is 0 Å². The van der Waals surface area contributed by atoms with Crippen LogP contribution in [0.3, 0.4) is 0 Å². The summed E-state index contributed by atoms with van der Waals surface area (Å²) in [7, 11) is -2.10. The molecule has 0 saturated heterocycles. The highest BCUT2D eigenvalue weighted by Gasteiger charge is 2.45. The maximum Gasteiger partial charge on any atom is 0.416 e. The fourth-order valence-corrected chi connectivity index (χ4v) is 6.27. The van der Waals surface area contributed by atoms with Gasteiger partial charge in [0.25, 0.3) is 0 Å². The van der Waals surface area contributed by atoms with Crippen LogP contribution in [0.25, 0.3) is 5.20 Å². The lowest BCUT2D eigenvalue weighted by Gasteiger charge is -2.31. The summed E-state index contributed by atoms with van der Waals surface area (Å²) < 4.78 is 49.9. The summed E-state index contributed by atoms with van der Waals surface area (Å²) in [5.74, 6) is 0. The predicted octanol–water partition coefficient (Wildman–Crippen LogP) is 5.85. The molecular weight excluding hydrogens is 345 g/mol. The molecule has 0 spiro atoms. The van der Waals surface area contributed by atoms with Crippen molar-refractivity contribution in [3.05, 3.63) is 65.6 Å². The Bertz CT molecular complexity index is 761. The van der Waals surface area contributed by atoms with E-state index in [1.807, 2.05) is 13.0 Å². The fraction of sp³-hybridized carbons (Fsp3) is 0.368. The number of halogens is 3. The molecule has 0 aliphatic carbocycles. The second kappa shape index (κ2) is 6.18. The van der Waals surface area contributed by atoms with E-state index < -0.39 is 25.7 Å². The molecule has 25 heavy (non-hydrogen) atoms. The van der Waals surface area contributed by atoms with E-state index >= 15 is 0 Å². The lowest BCUT2D eigenvalue weighted by Crippen LogP contribution is -2.38. The van der Waals surface area contributed by atoms with Gasteiger partial charge in [-0.1, -0.05) is 25.1 Å². The van der Waals surface area contributed by atoms with E-state index in [-0.39, 0.29) is 0 Å². The first-order chi connectivity index (χ1) is 11.7. The number of benzene rings is 1. The molecule has 1 aliphatic rings. The summed E-state index contributed by atoms with van der Waals surface area (Å²) in [5, 5.41) is 1.18. The van der Waals surface area contributed by atoms with E-state index in [4.69, 9.17) is 8.84 Å². The molecule has 134 valence electrons. The molecule has 0 radical (unpaired) electrons. The van der Waals surface area contributed by atoms with Crippen LogP contribution in [0.4, 0.5) is 13.2 Å². The predicted molar refractivity (Wildman–Crippen MR) is 93.4 cm³/mol. The van der Waals surface area contributed by atoms with E-state index in [1.165, 1.54) is 5.20 Å². The average Bonchev–Trinajstić information content (AvgIpc) is 3.13. The number of hydrogen-bond donors (Lipinski definition) is 0. The van der Waals surface area contributed by atoms with Gasteiger partial charge in [0.05, 0.1) is 23.7 Å². The Hall–Kier alpha value is -1.79. The van der Waals surface area contributed by atoms with Crippen molar-refractivity contribution < 1.29 is 22.0 Å². The van der Waals surface area contributed by atoms with Crippen molar-refractivity contribution >= 4 is 13.5 Å². The van der Waals surface area contributed by atoms with Gasteiger partial charge in [0.2, 0.25) is 8.32 Å². The van der Waals surface area contributed by atoms with Crippen LogP contribution in [0.15, 0.2) is 53.4 Å². The Kier molecular flexibility index (Phi) is 4.45. The van der Waals surface area contributed by atoms with Gasteiger partial charge in [0, 0.05) is 12.0 Å². The minimum Gasteiger partial charge on any atom is -0.472 e. The van der Waals surface area contributed by atoms with Crippen molar-refractivity contribution in [2.75, 3.05) is 0 Å². The van der Waals surface area contributed by atoms with Crippen molar-refractivity contribution in [2.45, 2.75) is 44.6 Å². The summed E-state index contributed by atoms with van der Waals surface area (Å²) in [4.78, 5) is 0. The number of hydrogen-bond acceptors (Lipinski definition) is 2. The van der Waals surface area contributed by atoms with Gasteiger partial charge in [-0.25, -0.2) is 0 Å². The Morgan fingerprint density at radius 3 is 2.28 bits per heavy atom. The van der Waals surface area contributed by atoms with Crippen LogP contribution in [0.5, 0.6) is 0 Å². The molecule has 1 unspecified atom stereocenters. The minimum absolute atomic E-state index is 0.484. The zero-order valence-electron chi connectivity index (χ0n) is 14.5. The molecule has 2 heterocycles. The lowest BCUT2D eigenvalue weighted by molar-refractivity contribution is -0.137. The summed E-state index contributed by atoms with van der Waals surface area (Å²) in [6, 6.07) is 7.28. The molecular formula is C19H21F3O2Si. The smallest absolute Gasteiger partial charge is 0.416 e. The van der Waals surface area contributed by atoms with Crippen molar-refractivity contribution in [3.8, 4) is 0 Å². The van der Waals surface area contributed by atoms with Gasteiger partial charge in [-0.05, 0) is 48.5 Å². The second-order valence-corrected chi connectivity index (χ2v) is 10.7. The molecule has 0 fully saturated rings. The molecule has 0 bridgehead atoms. The molecule has 1 aliphatic heterocycles. The largest absolute Gasteiger partial charge is 0.472 e. The first-order valence-corrected chi connectivity index (χ1v) is 11.2. The van der Waals surface area contributed by atoms with Crippen LogP contribution >= 0.6 is 0 Å². The monoisotopic (exact) mass is 366 g/mol. The van der Waals surface area contributed by atoms with E-state index in [1.54, 1.807) is 24.7 Å². The SMILES string of the molecule is CCC1(Cc2ccc(C(F)(F)F)cc2)C=C(c2ccoc2)[Si](C)(C)O1. The molecule has 2 nitrogen and oxygen atoms in total. The van der Waals surface area contributed by atoms with Gasteiger partial charge in [-0.3, -0.25) is 0 Å². The Labute approximate surface area is 146 Å². The van der Waals surface area contributed by atoms with Gasteiger partial charge in [0.15, 0.2) is 0 Å². The van der Waals surface area contributed by atoms with E-state index in [2.05, 4.69) is 19.2 Å². The molecule has 2 aromatic rings. The molecule has 3 rings (SSSR count). The first kappa shape index (κ1) is 18.0. The van der Waals surface area contributed by atoms with Gasteiger partial charge >= 0.3 is 6.18 Å². The van der Waals surface area contributed by atoms with Gasteiger partial charge in [-0.15, -0.1) is 0 Å². The van der Waals surface area contributed by atoms with Gasteiger partial charge in [-0.2, -0.15) is 13.2 Å². The second-order valence-electron chi connectivity index (χ2n) is 6.97. The molecule has 1 aromatic carbocycles. The fourth-order valence-electron chi connectivity index (χ4n) is 3.42. The first-order valence-electron chi connectivity index (χ1n) is 8.27. The van der Waals surface area contributed by atoms with E-state index in [0.29, 0.717) is 6.42 Å². The van der Waals surface area contributed by atoms with Crippen molar-refractivity contribution in [1.82, 2.24) is 0 Å². The Morgan fingerprint density at radius 2 is 1.76 bits per heavy atom. The van der Waals surface area contributed by atoms with E-state index in [9.17, 15) is 13.2 Å². The normalized spacial score (nSPS) is 22.9. The summed E-state index contributed by atoms with van der Waals surface area (Å²) in [6.45, 7) is 6.31. The third kappa shape index (κ3) is 3.60. The highest BCUT2D eigenvalue weighted by Crippen LogP contribution is 2.43. The maximum atomic E-state index is 12.7. The summed E-state index contributed by atoms with van der Waals surface area (Å²) in [5.41, 5.74) is 0.754. The van der Waals surface area contributed by atoms with E-state index in [0.717, 1.165) is 29.7 Å². The summed E-state index contributed by atoms with van der Waals surface area (Å²) in [6.07, 6.45) is 2.51.